The van der Waals surface area contributed by atoms with Crippen molar-refractivity contribution >= 4 is 33.1 Å². The predicted molar refractivity (Wildman–Crippen MR) is 138 cm³/mol. The second-order valence-corrected chi connectivity index (χ2v) is 9.89. The normalized spacial score (nSPS) is 22.2. The van der Waals surface area contributed by atoms with Crippen molar-refractivity contribution in [3.05, 3.63) is 87.5 Å². The van der Waals surface area contributed by atoms with Crippen LogP contribution in [0.2, 0.25) is 0 Å². The van der Waals surface area contributed by atoms with Crippen LogP contribution in [0.4, 0.5) is 11.5 Å². The van der Waals surface area contributed by atoms with E-state index in [0.29, 0.717) is 11.8 Å². The first-order chi connectivity index (χ1) is 16.6. The highest BCUT2D eigenvalue weighted by Crippen LogP contribution is 2.52. The summed E-state index contributed by atoms with van der Waals surface area (Å²) in [5.41, 5.74) is 9.89. The van der Waals surface area contributed by atoms with Gasteiger partial charge in [0.2, 0.25) is 6.79 Å². The number of allylic oxidation sites excluding steroid dienone is 2. The van der Waals surface area contributed by atoms with Gasteiger partial charge in [-0.25, -0.2) is 4.98 Å². The molecule has 0 saturated heterocycles. The number of hydrazone groups is 1. The van der Waals surface area contributed by atoms with Gasteiger partial charge in [-0.3, -0.25) is 5.43 Å². The highest BCUT2D eigenvalue weighted by molar-refractivity contribution is 9.10. The molecule has 0 fully saturated rings. The smallest absolute Gasteiger partial charge is 0.231 e. The van der Waals surface area contributed by atoms with Crippen LogP contribution in [-0.4, -0.2) is 17.5 Å². The molecule has 34 heavy (non-hydrogen) atoms. The van der Waals surface area contributed by atoms with Gasteiger partial charge in [0.1, 0.15) is 5.82 Å². The van der Waals surface area contributed by atoms with E-state index in [4.69, 9.17) is 9.47 Å². The highest BCUT2D eigenvalue weighted by atomic mass is 79.9. The Morgan fingerprint density at radius 3 is 2.79 bits per heavy atom. The Kier molecular flexibility index (Phi) is 5.29. The number of halogens is 1. The van der Waals surface area contributed by atoms with E-state index in [2.05, 4.69) is 73.2 Å². The first-order valence-corrected chi connectivity index (χ1v) is 12.3. The summed E-state index contributed by atoms with van der Waals surface area (Å²) in [7, 11) is 0. The topological polar surface area (TPSA) is 67.8 Å². The van der Waals surface area contributed by atoms with Crippen molar-refractivity contribution < 1.29 is 9.47 Å². The molecule has 2 N–H and O–H groups in total. The van der Waals surface area contributed by atoms with E-state index in [9.17, 15) is 0 Å². The van der Waals surface area contributed by atoms with Crippen LogP contribution in [0.15, 0.2) is 70.4 Å². The quantitative estimate of drug-likeness (QED) is 0.234. The third-order valence-electron chi connectivity index (χ3n) is 6.86. The Morgan fingerprint density at radius 1 is 1.12 bits per heavy atom. The second-order valence-electron chi connectivity index (χ2n) is 9.03. The number of hydrogen-bond acceptors (Lipinski definition) is 6. The summed E-state index contributed by atoms with van der Waals surface area (Å²) in [6.07, 6.45) is 7.51. The number of hydrogen-bond donors (Lipinski definition) is 2. The highest BCUT2D eigenvalue weighted by Gasteiger charge is 2.39. The van der Waals surface area contributed by atoms with Crippen molar-refractivity contribution in [2.45, 2.75) is 32.2 Å². The van der Waals surface area contributed by atoms with Gasteiger partial charge in [0.25, 0.3) is 0 Å². The lowest BCUT2D eigenvalue weighted by Gasteiger charge is -2.38. The molecule has 0 saturated carbocycles. The molecule has 3 atom stereocenters. The lowest BCUT2D eigenvalue weighted by molar-refractivity contribution is 0.174. The van der Waals surface area contributed by atoms with E-state index in [1.165, 1.54) is 11.1 Å². The molecule has 0 radical (unpaired) electrons. The molecule has 2 aromatic carbocycles. The summed E-state index contributed by atoms with van der Waals surface area (Å²) in [6.45, 7) is 4.32. The molecule has 3 heterocycles. The van der Waals surface area contributed by atoms with Crippen LogP contribution in [0.25, 0.3) is 0 Å². The van der Waals surface area contributed by atoms with E-state index in [1.54, 1.807) is 0 Å². The Morgan fingerprint density at radius 2 is 1.97 bits per heavy atom. The second kappa shape index (κ2) is 8.47. The number of nitrogens with one attached hydrogen (secondary N) is 2. The zero-order valence-electron chi connectivity index (χ0n) is 19.0. The van der Waals surface area contributed by atoms with E-state index in [0.717, 1.165) is 50.7 Å². The van der Waals surface area contributed by atoms with Crippen LogP contribution in [0.5, 0.6) is 11.5 Å². The Hall–Kier alpha value is -3.32. The maximum Gasteiger partial charge on any atom is 0.231 e. The molecule has 1 aliphatic carbocycles. The minimum atomic E-state index is 0.172. The van der Waals surface area contributed by atoms with E-state index in [-0.39, 0.29) is 12.8 Å². The van der Waals surface area contributed by atoms with Crippen molar-refractivity contribution in [1.82, 2.24) is 4.98 Å². The molecule has 2 aliphatic heterocycles. The van der Waals surface area contributed by atoms with E-state index >= 15 is 0 Å². The summed E-state index contributed by atoms with van der Waals surface area (Å²) in [4.78, 5) is 4.37. The average Bonchev–Trinajstić information content (AvgIpc) is 3.52. The third kappa shape index (κ3) is 3.74. The van der Waals surface area contributed by atoms with Gasteiger partial charge in [0.05, 0.1) is 11.8 Å². The largest absolute Gasteiger partial charge is 0.454 e. The zero-order valence-corrected chi connectivity index (χ0v) is 20.6. The zero-order chi connectivity index (χ0) is 23.2. The minimum Gasteiger partial charge on any atom is -0.454 e. The molecule has 0 amide bonds. The number of ether oxygens (including phenoxy) is 2. The molecular formula is C27H25BrN4O2. The molecule has 0 bridgehead atoms. The van der Waals surface area contributed by atoms with Gasteiger partial charge in [-0.15, -0.1) is 0 Å². The van der Waals surface area contributed by atoms with E-state index in [1.807, 2.05) is 38.2 Å². The molecule has 6 nitrogen and oxygen atoms in total. The van der Waals surface area contributed by atoms with E-state index < -0.39 is 0 Å². The van der Waals surface area contributed by atoms with Crippen LogP contribution < -0.4 is 20.2 Å². The van der Waals surface area contributed by atoms with Crippen LogP contribution >= 0.6 is 15.9 Å². The Labute approximate surface area is 207 Å². The first-order valence-electron chi connectivity index (χ1n) is 11.5. The van der Waals surface area contributed by atoms with Crippen molar-refractivity contribution in [2.24, 2.45) is 11.0 Å². The molecule has 7 heteroatoms. The molecule has 6 rings (SSSR count). The molecule has 1 unspecified atom stereocenters. The summed E-state index contributed by atoms with van der Waals surface area (Å²) >= 11 is 3.77. The molecule has 1 aromatic heterocycles. The van der Waals surface area contributed by atoms with Crippen molar-refractivity contribution in [3.63, 3.8) is 0 Å². The van der Waals surface area contributed by atoms with Gasteiger partial charge in [-0.1, -0.05) is 40.2 Å². The maximum absolute atomic E-state index is 5.66. The number of anilines is 2. The number of aromatic nitrogens is 1. The molecule has 3 aliphatic rings. The monoisotopic (exact) mass is 516 g/mol. The van der Waals surface area contributed by atoms with Gasteiger partial charge >= 0.3 is 0 Å². The number of aryl methyl sites for hydroxylation is 1. The lowest BCUT2D eigenvalue weighted by Crippen LogP contribution is -2.29. The summed E-state index contributed by atoms with van der Waals surface area (Å²) in [6, 6.07) is 14.8. The number of nitrogens with zero attached hydrogens (tertiary/aromatic N) is 2. The summed E-state index contributed by atoms with van der Waals surface area (Å²) in [5.74, 6) is 3.11. The fourth-order valence-electron chi connectivity index (χ4n) is 5.04. The number of benzene rings is 2. The van der Waals surface area contributed by atoms with Crippen molar-refractivity contribution in [3.8, 4) is 11.5 Å². The Balaban J connectivity index is 1.30. The van der Waals surface area contributed by atoms with Gasteiger partial charge in [0, 0.05) is 22.3 Å². The molecule has 3 aromatic rings. The summed E-state index contributed by atoms with van der Waals surface area (Å²) in [5, 5.41) is 8.38. The van der Waals surface area contributed by atoms with Crippen LogP contribution in [0, 0.1) is 12.8 Å². The van der Waals surface area contributed by atoms with Gasteiger partial charge in [-0.2, -0.15) is 5.10 Å². The Bertz CT molecular complexity index is 1320. The fourth-order valence-corrected chi connectivity index (χ4v) is 5.61. The number of pyridine rings is 1. The average molecular weight is 517 g/mol. The SMILES string of the molecule is C/C(=N\Nc1ccc(C)cn1)c1ccc2c(c1)[C@@H]1C=CC[C@@H]1C(c1cc3c(cc1Br)OCO3)N2. The minimum absolute atomic E-state index is 0.172. The standard InChI is InChI=1S/C27H25BrN4O2/c1-15-6-9-26(29-13-15)32-31-16(2)17-7-8-23-20(10-17)18-4-3-5-19(18)27(30-23)21-11-24-25(12-22(21)28)34-14-33-24/h3-4,6-13,18-19,27,30H,5,14H2,1-2H3,(H,29,32)/b31-16+/t18-,19+,27?/m1/s1. The number of rotatable bonds is 4. The van der Waals surface area contributed by atoms with Gasteiger partial charge < -0.3 is 14.8 Å². The van der Waals surface area contributed by atoms with Crippen molar-refractivity contribution in [1.29, 1.82) is 0 Å². The van der Waals surface area contributed by atoms with Crippen LogP contribution in [0.1, 0.15) is 47.6 Å². The maximum atomic E-state index is 5.66. The van der Waals surface area contributed by atoms with Crippen molar-refractivity contribution in [2.75, 3.05) is 17.5 Å². The fraction of sp³-hybridized carbons (Fsp3) is 0.259. The van der Waals surface area contributed by atoms with Crippen LogP contribution in [0.3, 0.4) is 0 Å². The lowest BCUT2D eigenvalue weighted by atomic mass is 9.76. The predicted octanol–water partition coefficient (Wildman–Crippen LogP) is 6.54. The molecule has 0 spiro atoms. The third-order valence-corrected chi connectivity index (χ3v) is 7.54. The van der Waals surface area contributed by atoms with Gasteiger partial charge in [-0.05, 0) is 78.8 Å². The summed E-state index contributed by atoms with van der Waals surface area (Å²) < 4.78 is 12.2. The van der Waals surface area contributed by atoms with Crippen LogP contribution in [-0.2, 0) is 0 Å². The van der Waals surface area contributed by atoms with Gasteiger partial charge in [0.15, 0.2) is 11.5 Å². The molecular weight excluding hydrogens is 492 g/mol. The number of fused-ring (bicyclic) bond motifs is 4. The molecule has 172 valence electrons. The first kappa shape index (κ1) is 21.2.